The van der Waals surface area contributed by atoms with Crippen molar-refractivity contribution in [2.75, 3.05) is 18.9 Å². The van der Waals surface area contributed by atoms with Crippen LogP contribution in [0.25, 0.3) is 0 Å². The number of hydrogen-bond donors (Lipinski definition) is 2. The van der Waals surface area contributed by atoms with E-state index in [1.54, 1.807) is 24.5 Å². The summed E-state index contributed by atoms with van der Waals surface area (Å²) < 4.78 is 25.9. The summed E-state index contributed by atoms with van der Waals surface area (Å²) in [6.07, 6.45) is 4.59. The number of H-pyrrole nitrogens is 1. The summed E-state index contributed by atoms with van der Waals surface area (Å²) >= 11 is 0. The second kappa shape index (κ2) is 6.02. The Bertz CT molecular complexity index is 637. The first-order chi connectivity index (χ1) is 9.54. The number of hydrogen-bond acceptors (Lipinski definition) is 5. The molecular weight excluding hydrogens is 278 g/mol. The Kier molecular flexibility index (Phi) is 4.35. The molecule has 0 radical (unpaired) electrons. The van der Waals surface area contributed by atoms with Crippen molar-refractivity contribution in [3.63, 3.8) is 0 Å². The van der Waals surface area contributed by atoms with Gasteiger partial charge in [-0.1, -0.05) is 0 Å². The highest BCUT2D eigenvalue weighted by molar-refractivity contribution is 7.89. The van der Waals surface area contributed by atoms with E-state index >= 15 is 0 Å². The first-order valence-corrected chi connectivity index (χ1v) is 7.62. The molecule has 2 heterocycles. The van der Waals surface area contributed by atoms with Crippen molar-refractivity contribution in [3.8, 4) is 0 Å². The molecule has 0 amide bonds. The van der Waals surface area contributed by atoms with E-state index in [0.717, 1.165) is 6.54 Å². The van der Waals surface area contributed by atoms with E-state index < -0.39 is 10.0 Å². The fraction of sp³-hybridized carbons (Fsp3) is 0.333. The maximum Gasteiger partial charge on any atom is 0.244 e. The Labute approximate surface area is 118 Å². The monoisotopic (exact) mass is 295 g/mol. The standard InChI is InChI=1S/C12H17N5O2S/c1-3-13-11-5-4-10(8-16-11)20(18,19)17(2)9-12-14-6-7-15-12/h4-8H,3,9H2,1-2H3,(H,13,16)(H,14,15). The van der Waals surface area contributed by atoms with Crippen LogP contribution in [0, 0.1) is 0 Å². The molecule has 0 spiro atoms. The number of pyridine rings is 1. The van der Waals surface area contributed by atoms with Gasteiger partial charge in [0.15, 0.2) is 0 Å². The summed E-state index contributed by atoms with van der Waals surface area (Å²) in [4.78, 5) is 11.1. The van der Waals surface area contributed by atoms with Gasteiger partial charge in [0.25, 0.3) is 0 Å². The number of nitrogens with zero attached hydrogens (tertiary/aromatic N) is 3. The van der Waals surface area contributed by atoms with Gasteiger partial charge >= 0.3 is 0 Å². The van der Waals surface area contributed by atoms with Crippen molar-refractivity contribution in [1.82, 2.24) is 19.3 Å². The average Bonchev–Trinajstić information content (AvgIpc) is 2.92. The molecule has 0 aliphatic heterocycles. The van der Waals surface area contributed by atoms with Crippen LogP contribution in [-0.2, 0) is 16.6 Å². The van der Waals surface area contributed by atoms with Crippen LogP contribution in [0.2, 0.25) is 0 Å². The van der Waals surface area contributed by atoms with E-state index in [9.17, 15) is 8.42 Å². The summed E-state index contributed by atoms with van der Waals surface area (Å²) in [5, 5.41) is 3.02. The molecule has 0 aliphatic rings. The van der Waals surface area contributed by atoms with Gasteiger partial charge in [0, 0.05) is 32.2 Å². The predicted octanol–water partition coefficient (Wildman–Crippen LogP) is 1.06. The fourth-order valence-electron chi connectivity index (χ4n) is 1.68. The van der Waals surface area contributed by atoms with Gasteiger partial charge in [-0.3, -0.25) is 0 Å². The minimum absolute atomic E-state index is 0.160. The first kappa shape index (κ1) is 14.5. The van der Waals surface area contributed by atoms with E-state index in [1.165, 1.54) is 17.5 Å². The smallest absolute Gasteiger partial charge is 0.244 e. The lowest BCUT2D eigenvalue weighted by Gasteiger charge is -2.15. The number of aromatic nitrogens is 3. The Morgan fingerprint density at radius 3 is 2.70 bits per heavy atom. The minimum atomic E-state index is -3.56. The van der Waals surface area contributed by atoms with Gasteiger partial charge in [0.2, 0.25) is 10.0 Å². The predicted molar refractivity (Wildman–Crippen MR) is 75.6 cm³/mol. The normalized spacial score (nSPS) is 11.8. The van der Waals surface area contributed by atoms with Crippen molar-refractivity contribution in [1.29, 1.82) is 0 Å². The number of nitrogens with one attached hydrogen (secondary N) is 2. The molecule has 2 aromatic rings. The maximum atomic E-state index is 12.4. The Balaban J connectivity index is 2.16. The second-order valence-corrected chi connectivity index (χ2v) is 6.25. The molecule has 108 valence electrons. The van der Waals surface area contributed by atoms with Gasteiger partial charge in [-0.05, 0) is 19.1 Å². The van der Waals surface area contributed by atoms with E-state index in [4.69, 9.17) is 0 Å². The molecule has 0 aliphatic carbocycles. The Morgan fingerprint density at radius 2 is 2.15 bits per heavy atom. The fourth-order valence-corrected chi connectivity index (χ4v) is 2.76. The van der Waals surface area contributed by atoms with E-state index in [2.05, 4.69) is 20.3 Å². The number of rotatable bonds is 6. The van der Waals surface area contributed by atoms with Gasteiger partial charge in [-0.25, -0.2) is 18.4 Å². The molecule has 8 heteroatoms. The number of imidazole rings is 1. The van der Waals surface area contributed by atoms with E-state index in [-0.39, 0.29) is 11.4 Å². The highest BCUT2D eigenvalue weighted by atomic mass is 32.2. The van der Waals surface area contributed by atoms with Crippen LogP contribution in [0.15, 0.2) is 35.6 Å². The molecule has 0 unspecified atom stereocenters. The molecule has 0 saturated carbocycles. The topological polar surface area (TPSA) is 91.0 Å². The zero-order valence-electron chi connectivity index (χ0n) is 11.4. The molecular formula is C12H17N5O2S. The summed E-state index contributed by atoms with van der Waals surface area (Å²) in [5.41, 5.74) is 0. The number of sulfonamides is 1. The lowest BCUT2D eigenvalue weighted by molar-refractivity contribution is 0.458. The van der Waals surface area contributed by atoms with Gasteiger partial charge < -0.3 is 10.3 Å². The molecule has 0 aromatic carbocycles. The highest BCUT2D eigenvalue weighted by Gasteiger charge is 2.21. The summed E-state index contributed by atoms with van der Waals surface area (Å²) in [6, 6.07) is 3.19. The molecule has 2 N–H and O–H groups in total. The van der Waals surface area contributed by atoms with Crippen LogP contribution < -0.4 is 5.32 Å². The van der Waals surface area contributed by atoms with Gasteiger partial charge in [-0.2, -0.15) is 4.31 Å². The maximum absolute atomic E-state index is 12.4. The molecule has 2 rings (SSSR count). The number of anilines is 1. The van der Waals surface area contributed by atoms with Gasteiger partial charge in [0.1, 0.15) is 16.5 Å². The van der Waals surface area contributed by atoms with E-state index in [1.807, 2.05) is 6.92 Å². The molecule has 0 atom stereocenters. The summed E-state index contributed by atoms with van der Waals surface area (Å²) in [7, 11) is -2.05. The van der Waals surface area contributed by atoms with Crippen molar-refractivity contribution in [2.24, 2.45) is 0 Å². The first-order valence-electron chi connectivity index (χ1n) is 6.18. The molecule has 2 aromatic heterocycles. The third-order valence-electron chi connectivity index (χ3n) is 2.73. The van der Waals surface area contributed by atoms with Gasteiger partial charge in [-0.15, -0.1) is 0 Å². The summed E-state index contributed by atoms with van der Waals surface area (Å²) in [6.45, 7) is 2.87. The van der Waals surface area contributed by atoms with Crippen molar-refractivity contribution < 1.29 is 8.42 Å². The Hall–Kier alpha value is -1.93. The molecule has 0 fully saturated rings. The highest BCUT2D eigenvalue weighted by Crippen LogP contribution is 2.16. The molecule has 20 heavy (non-hydrogen) atoms. The zero-order valence-corrected chi connectivity index (χ0v) is 12.2. The van der Waals surface area contributed by atoms with Crippen LogP contribution >= 0.6 is 0 Å². The van der Waals surface area contributed by atoms with Crippen LogP contribution in [0.4, 0.5) is 5.82 Å². The van der Waals surface area contributed by atoms with Crippen molar-refractivity contribution >= 4 is 15.8 Å². The molecule has 7 nitrogen and oxygen atoms in total. The quantitative estimate of drug-likeness (QED) is 0.831. The summed E-state index contributed by atoms with van der Waals surface area (Å²) in [5.74, 6) is 1.24. The lowest BCUT2D eigenvalue weighted by atomic mass is 10.4. The van der Waals surface area contributed by atoms with Crippen LogP contribution in [0.3, 0.4) is 0 Å². The van der Waals surface area contributed by atoms with Crippen LogP contribution in [0.1, 0.15) is 12.7 Å². The largest absolute Gasteiger partial charge is 0.370 e. The molecule has 0 saturated heterocycles. The minimum Gasteiger partial charge on any atom is -0.370 e. The zero-order chi connectivity index (χ0) is 14.6. The average molecular weight is 295 g/mol. The van der Waals surface area contributed by atoms with Gasteiger partial charge in [0.05, 0.1) is 6.54 Å². The van der Waals surface area contributed by atoms with Crippen LogP contribution in [-0.4, -0.2) is 41.3 Å². The Morgan fingerprint density at radius 1 is 1.35 bits per heavy atom. The SMILES string of the molecule is CCNc1ccc(S(=O)(=O)N(C)Cc2ncc[nH]2)cn1. The lowest BCUT2D eigenvalue weighted by Crippen LogP contribution is -2.27. The van der Waals surface area contributed by atoms with E-state index in [0.29, 0.717) is 11.6 Å². The molecule has 0 bridgehead atoms. The second-order valence-electron chi connectivity index (χ2n) is 4.21. The van der Waals surface area contributed by atoms with Crippen LogP contribution in [0.5, 0.6) is 0 Å². The third-order valence-corrected chi connectivity index (χ3v) is 4.52. The van der Waals surface area contributed by atoms with Crippen molar-refractivity contribution in [2.45, 2.75) is 18.4 Å². The van der Waals surface area contributed by atoms with Crippen molar-refractivity contribution in [3.05, 3.63) is 36.5 Å². The third kappa shape index (κ3) is 3.14. The number of aromatic amines is 1.